The molecule has 5 aliphatic rings. The molecule has 6 rings (SSSR count). The molecular weight excluding hydrogens is 482 g/mol. The normalized spacial score (nSPS) is 44.3. The number of rotatable bonds is 2. The molecular formula is C34H47N3O2. The molecule has 1 N–H and O–H groups in total. The lowest BCUT2D eigenvalue weighted by Gasteiger charge is -2.70. The molecule has 1 aromatic rings. The van der Waals surface area contributed by atoms with Crippen LogP contribution in [0.1, 0.15) is 99.8 Å². The van der Waals surface area contributed by atoms with Gasteiger partial charge in [-0.15, -0.1) is 0 Å². The van der Waals surface area contributed by atoms with E-state index in [4.69, 9.17) is 6.57 Å². The van der Waals surface area contributed by atoms with Crippen LogP contribution in [0.15, 0.2) is 41.8 Å². The molecule has 39 heavy (non-hydrogen) atoms. The van der Waals surface area contributed by atoms with E-state index in [9.17, 15) is 9.90 Å². The van der Waals surface area contributed by atoms with Gasteiger partial charge >= 0.3 is 0 Å². The Labute approximate surface area is 235 Å². The highest BCUT2D eigenvalue weighted by Crippen LogP contribution is 2.75. The summed E-state index contributed by atoms with van der Waals surface area (Å²) >= 11 is 0. The summed E-state index contributed by atoms with van der Waals surface area (Å²) in [6.45, 7) is 25.0. The van der Waals surface area contributed by atoms with Gasteiger partial charge < -0.3 is 9.67 Å². The predicted molar refractivity (Wildman–Crippen MR) is 153 cm³/mol. The molecule has 5 nitrogen and oxygen atoms in total. The van der Waals surface area contributed by atoms with E-state index >= 15 is 0 Å². The Hall–Kier alpha value is -2.35. The van der Waals surface area contributed by atoms with Gasteiger partial charge in [-0.1, -0.05) is 54.0 Å². The van der Waals surface area contributed by atoms with Crippen molar-refractivity contribution in [2.45, 2.75) is 106 Å². The number of aliphatic hydroxyl groups is 1. The molecule has 0 aliphatic heterocycles. The van der Waals surface area contributed by atoms with Gasteiger partial charge in [-0.3, -0.25) is 4.79 Å². The molecule has 3 saturated carbocycles. The first-order chi connectivity index (χ1) is 18.1. The fourth-order valence-corrected chi connectivity index (χ4v) is 11.0. The minimum atomic E-state index is -0.476. The average molecular weight is 530 g/mol. The van der Waals surface area contributed by atoms with Crippen molar-refractivity contribution in [1.29, 1.82) is 0 Å². The number of carbonyl (C=O) groups is 1. The first kappa shape index (κ1) is 26.9. The number of fused-ring (bicyclic) bond motifs is 7. The third kappa shape index (κ3) is 3.42. The van der Waals surface area contributed by atoms with Crippen molar-refractivity contribution in [3.63, 3.8) is 0 Å². The van der Waals surface area contributed by atoms with Crippen molar-refractivity contribution in [1.82, 2.24) is 9.55 Å². The van der Waals surface area contributed by atoms with E-state index < -0.39 is 5.41 Å². The maximum absolute atomic E-state index is 14.6. The highest BCUT2D eigenvalue weighted by Gasteiger charge is 2.69. The molecule has 0 spiro atoms. The van der Waals surface area contributed by atoms with E-state index in [2.05, 4.69) is 75.1 Å². The number of hydrogen-bond acceptors (Lipinski definition) is 3. The molecule has 0 aromatic carbocycles. The Morgan fingerprint density at radius 1 is 1.08 bits per heavy atom. The van der Waals surface area contributed by atoms with Crippen LogP contribution >= 0.6 is 0 Å². The number of imidazole rings is 1. The molecule has 5 heteroatoms. The zero-order valence-corrected chi connectivity index (χ0v) is 25.1. The third-order valence-corrected chi connectivity index (χ3v) is 13.3. The SMILES string of the molecule is [C-]#[N+]C1=C(O)C(C)(C)[C@@H]2CC[C@]3(C)C(=CC(=O)[C@@H]4[C@@H]5CC(C)(C)CC[C@]5(Cn5ccnc5)CC[C@]43C)[C@@]2(C)C1. The minimum absolute atomic E-state index is 0.0177. The van der Waals surface area contributed by atoms with Crippen molar-refractivity contribution in [2.75, 3.05) is 0 Å². The lowest BCUT2D eigenvalue weighted by atomic mass is 9.34. The van der Waals surface area contributed by atoms with Crippen molar-refractivity contribution >= 4 is 5.78 Å². The fraction of sp³-hybridized carbons (Fsp3) is 0.735. The van der Waals surface area contributed by atoms with Gasteiger partial charge in [0, 0.05) is 30.3 Å². The molecule has 1 heterocycles. The Kier molecular flexibility index (Phi) is 5.58. The quantitative estimate of drug-likeness (QED) is 0.393. The smallest absolute Gasteiger partial charge is 0.203 e. The largest absolute Gasteiger partial charge is 0.523 e. The van der Waals surface area contributed by atoms with Crippen molar-refractivity contribution in [3.8, 4) is 0 Å². The number of hydrogen-bond donors (Lipinski definition) is 1. The van der Waals surface area contributed by atoms with Gasteiger partial charge in [0.2, 0.25) is 5.70 Å². The number of aromatic nitrogens is 2. The highest BCUT2D eigenvalue weighted by atomic mass is 16.3. The van der Waals surface area contributed by atoms with E-state index in [1.54, 1.807) is 0 Å². The number of aliphatic hydroxyl groups excluding tert-OH is 1. The van der Waals surface area contributed by atoms with Crippen LogP contribution in [0, 0.1) is 56.8 Å². The van der Waals surface area contributed by atoms with Crippen molar-refractivity contribution in [3.05, 3.63) is 53.2 Å². The summed E-state index contributed by atoms with van der Waals surface area (Å²) < 4.78 is 2.26. The molecule has 0 unspecified atom stereocenters. The Balaban J connectivity index is 1.49. The van der Waals surface area contributed by atoms with Crippen LogP contribution in [0.2, 0.25) is 0 Å². The molecule has 3 fully saturated rings. The first-order valence-corrected chi connectivity index (χ1v) is 15.2. The topological polar surface area (TPSA) is 59.5 Å². The summed E-state index contributed by atoms with van der Waals surface area (Å²) in [7, 11) is 0. The summed E-state index contributed by atoms with van der Waals surface area (Å²) in [5.41, 5.74) is 1.11. The molecule has 0 bridgehead atoms. The molecule has 5 aliphatic carbocycles. The van der Waals surface area contributed by atoms with Crippen LogP contribution in [-0.2, 0) is 11.3 Å². The van der Waals surface area contributed by atoms with E-state index in [0.29, 0.717) is 23.8 Å². The van der Waals surface area contributed by atoms with E-state index in [-0.39, 0.29) is 44.7 Å². The van der Waals surface area contributed by atoms with E-state index in [1.807, 2.05) is 12.5 Å². The summed E-state index contributed by atoms with van der Waals surface area (Å²) in [4.78, 5) is 22.8. The van der Waals surface area contributed by atoms with Gasteiger partial charge in [0.1, 0.15) is 5.76 Å². The van der Waals surface area contributed by atoms with Gasteiger partial charge in [-0.25, -0.2) is 9.83 Å². The molecule has 7 atom stereocenters. The van der Waals surface area contributed by atoms with Crippen LogP contribution in [-0.4, -0.2) is 20.4 Å². The molecule has 1 aromatic heterocycles. The zero-order chi connectivity index (χ0) is 28.2. The summed E-state index contributed by atoms with van der Waals surface area (Å²) in [6.07, 6.45) is 16.3. The van der Waals surface area contributed by atoms with Gasteiger partial charge in [0.15, 0.2) is 5.78 Å². The lowest BCUT2D eigenvalue weighted by Crippen LogP contribution is -2.65. The Morgan fingerprint density at radius 2 is 1.79 bits per heavy atom. The van der Waals surface area contributed by atoms with E-state index in [0.717, 1.165) is 38.6 Å². The summed E-state index contributed by atoms with van der Waals surface area (Å²) in [5.74, 6) is 1.16. The van der Waals surface area contributed by atoms with Crippen molar-refractivity contribution in [2.24, 2.45) is 50.2 Å². The average Bonchev–Trinajstić information content (AvgIpc) is 3.36. The zero-order valence-electron chi connectivity index (χ0n) is 25.1. The first-order valence-electron chi connectivity index (χ1n) is 15.2. The molecule has 0 amide bonds. The maximum atomic E-state index is 14.6. The third-order valence-electron chi connectivity index (χ3n) is 13.3. The van der Waals surface area contributed by atoms with Crippen molar-refractivity contribution < 1.29 is 9.90 Å². The second-order valence-electron chi connectivity index (χ2n) is 16.1. The molecule has 0 saturated heterocycles. The van der Waals surface area contributed by atoms with Crippen LogP contribution in [0.4, 0.5) is 0 Å². The minimum Gasteiger partial charge on any atom is -0.523 e. The summed E-state index contributed by atoms with van der Waals surface area (Å²) in [6, 6.07) is 0. The van der Waals surface area contributed by atoms with E-state index in [1.165, 1.54) is 18.4 Å². The van der Waals surface area contributed by atoms with Crippen LogP contribution < -0.4 is 0 Å². The number of carbonyl (C=O) groups excluding carboxylic acids is 1. The number of ketones is 1. The standard InChI is InChI=1S/C34H47N3O2/c1-29(2)11-13-34(20-37-16-15-36-21-37)14-12-33(7)27(22(34)18-29)24(38)17-26-31(5)19-23(35-8)28(39)30(3,4)25(31)9-10-32(26,33)6/h15-17,21-22,25,27,39H,9-14,18-20H2,1-7H3/t22-,25-,27-,31-,32+,33+,34+/m0/s1. The Morgan fingerprint density at radius 3 is 2.46 bits per heavy atom. The van der Waals surface area contributed by atoms with Crippen LogP contribution in [0.3, 0.4) is 0 Å². The maximum Gasteiger partial charge on any atom is 0.203 e. The monoisotopic (exact) mass is 529 g/mol. The van der Waals surface area contributed by atoms with Crippen LogP contribution in [0.25, 0.3) is 4.85 Å². The molecule has 0 radical (unpaired) electrons. The second-order valence-corrected chi connectivity index (χ2v) is 16.1. The van der Waals surface area contributed by atoms with Gasteiger partial charge in [0.25, 0.3) is 0 Å². The lowest BCUT2D eigenvalue weighted by molar-refractivity contribution is -0.175. The second kappa shape index (κ2) is 8.11. The van der Waals surface area contributed by atoms with Gasteiger partial charge in [0.05, 0.1) is 12.9 Å². The van der Waals surface area contributed by atoms with Gasteiger partial charge in [-0.2, -0.15) is 0 Å². The van der Waals surface area contributed by atoms with Crippen LogP contribution in [0.5, 0.6) is 0 Å². The predicted octanol–water partition coefficient (Wildman–Crippen LogP) is 8.16. The Bertz CT molecular complexity index is 1310. The van der Waals surface area contributed by atoms with Gasteiger partial charge in [-0.05, 0) is 96.4 Å². The molecule has 210 valence electrons. The number of nitrogens with zero attached hydrogens (tertiary/aromatic N) is 3. The highest BCUT2D eigenvalue weighted by molar-refractivity contribution is 5.95. The fourth-order valence-electron chi connectivity index (χ4n) is 11.0. The number of allylic oxidation sites excluding steroid dienone is 4. The summed E-state index contributed by atoms with van der Waals surface area (Å²) in [5, 5.41) is 11.1.